The first-order valence-electron chi connectivity index (χ1n) is 7.19. The topological polar surface area (TPSA) is 49.4 Å². The molecule has 0 aromatic heterocycles. The minimum Gasteiger partial charge on any atom is -0.317 e. The second kappa shape index (κ2) is 5.88. The van der Waals surface area contributed by atoms with E-state index in [2.05, 4.69) is 10.2 Å². The zero-order chi connectivity index (χ0) is 13.2. The van der Waals surface area contributed by atoms with E-state index in [0.29, 0.717) is 23.9 Å². The molecule has 0 aliphatic carbocycles. The number of rotatable bonds is 5. The predicted octanol–water partition coefficient (Wildman–Crippen LogP) is 1.03. The smallest absolute Gasteiger partial charge is 0.151 e. The molecule has 5 heteroatoms. The summed E-state index contributed by atoms with van der Waals surface area (Å²) >= 11 is 0. The highest BCUT2D eigenvalue weighted by atomic mass is 32.2. The molecular formula is C13H26N2O2S. The van der Waals surface area contributed by atoms with Crippen molar-refractivity contribution in [1.82, 2.24) is 10.2 Å². The van der Waals surface area contributed by atoms with Crippen molar-refractivity contribution in [2.45, 2.75) is 57.2 Å². The molecule has 0 aromatic carbocycles. The van der Waals surface area contributed by atoms with E-state index >= 15 is 0 Å². The van der Waals surface area contributed by atoms with Crippen molar-refractivity contribution in [3.05, 3.63) is 0 Å². The third-order valence-electron chi connectivity index (χ3n) is 4.63. The van der Waals surface area contributed by atoms with Crippen LogP contribution >= 0.6 is 0 Å². The van der Waals surface area contributed by atoms with Gasteiger partial charge in [-0.15, -0.1) is 0 Å². The number of piperidine rings is 2. The molecule has 2 fully saturated rings. The summed E-state index contributed by atoms with van der Waals surface area (Å²) in [5.74, 6) is 0.607. The molecule has 0 radical (unpaired) electrons. The number of fused-ring (bicyclic) bond motifs is 2. The lowest BCUT2D eigenvalue weighted by Crippen LogP contribution is -2.56. The van der Waals surface area contributed by atoms with E-state index in [1.54, 1.807) is 6.92 Å². The van der Waals surface area contributed by atoms with Gasteiger partial charge in [-0.05, 0) is 32.7 Å². The number of sulfone groups is 1. The molecule has 18 heavy (non-hydrogen) atoms. The van der Waals surface area contributed by atoms with Gasteiger partial charge in [0.15, 0.2) is 9.84 Å². The highest BCUT2D eigenvalue weighted by Gasteiger charge is 2.37. The Hall–Kier alpha value is -0.130. The third-order valence-corrected chi connectivity index (χ3v) is 6.32. The summed E-state index contributed by atoms with van der Waals surface area (Å²) < 4.78 is 23.3. The van der Waals surface area contributed by atoms with Crippen molar-refractivity contribution in [2.24, 2.45) is 0 Å². The van der Waals surface area contributed by atoms with Gasteiger partial charge in [0.25, 0.3) is 0 Å². The lowest BCUT2D eigenvalue weighted by atomic mass is 9.82. The first-order chi connectivity index (χ1) is 8.55. The van der Waals surface area contributed by atoms with Gasteiger partial charge in [0, 0.05) is 30.4 Å². The van der Waals surface area contributed by atoms with Crippen LogP contribution in [0.3, 0.4) is 0 Å². The first kappa shape index (κ1) is 14.3. The second-order valence-corrected chi connectivity index (χ2v) is 8.14. The van der Waals surface area contributed by atoms with Gasteiger partial charge in [-0.25, -0.2) is 8.42 Å². The van der Waals surface area contributed by atoms with Gasteiger partial charge >= 0.3 is 0 Å². The third kappa shape index (κ3) is 3.25. The molecule has 2 atom stereocenters. The molecule has 0 aromatic rings. The minimum absolute atomic E-state index is 0.273. The molecular weight excluding hydrogens is 248 g/mol. The van der Waals surface area contributed by atoms with Crippen LogP contribution in [0.25, 0.3) is 0 Å². The summed E-state index contributed by atoms with van der Waals surface area (Å²) in [6, 6.07) is 1.82. The lowest BCUT2D eigenvalue weighted by molar-refractivity contribution is 0.0315. The van der Waals surface area contributed by atoms with Crippen molar-refractivity contribution < 1.29 is 8.42 Å². The summed E-state index contributed by atoms with van der Waals surface area (Å²) in [6.45, 7) is 2.48. The predicted molar refractivity (Wildman–Crippen MR) is 74.5 cm³/mol. The molecule has 2 aliphatic rings. The molecule has 2 heterocycles. The summed E-state index contributed by atoms with van der Waals surface area (Å²) in [7, 11) is -0.787. The van der Waals surface area contributed by atoms with Crippen molar-refractivity contribution in [3.8, 4) is 0 Å². The Morgan fingerprint density at radius 2 is 1.83 bits per heavy atom. The Labute approximate surface area is 111 Å². The quantitative estimate of drug-likeness (QED) is 0.813. The van der Waals surface area contributed by atoms with Crippen LogP contribution in [-0.4, -0.2) is 56.5 Å². The maximum atomic E-state index is 11.6. The SMILES string of the molecule is CCS(=O)(=O)CCN1C2CCCC1CC(NC)C2. The summed E-state index contributed by atoms with van der Waals surface area (Å²) in [5.41, 5.74) is 0. The van der Waals surface area contributed by atoms with Crippen LogP contribution in [0.2, 0.25) is 0 Å². The largest absolute Gasteiger partial charge is 0.317 e. The number of nitrogens with one attached hydrogen (secondary N) is 1. The van der Waals surface area contributed by atoms with Crippen LogP contribution in [-0.2, 0) is 9.84 Å². The van der Waals surface area contributed by atoms with E-state index < -0.39 is 9.84 Å². The van der Waals surface area contributed by atoms with Gasteiger partial charge < -0.3 is 5.32 Å². The van der Waals surface area contributed by atoms with Gasteiger partial charge in [0.2, 0.25) is 0 Å². The molecule has 1 N–H and O–H groups in total. The Morgan fingerprint density at radius 3 is 2.33 bits per heavy atom. The molecule has 2 unspecified atom stereocenters. The number of nitrogens with zero attached hydrogens (tertiary/aromatic N) is 1. The first-order valence-corrected chi connectivity index (χ1v) is 9.01. The fraction of sp³-hybridized carbons (Fsp3) is 1.00. The van der Waals surface area contributed by atoms with Crippen molar-refractivity contribution in [2.75, 3.05) is 25.1 Å². The van der Waals surface area contributed by atoms with Crippen molar-refractivity contribution in [3.63, 3.8) is 0 Å². The van der Waals surface area contributed by atoms with Crippen LogP contribution in [0, 0.1) is 0 Å². The van der Waals surface area contributed by atoms with Gasteiger partial charge in [-0.1, -0.05) is 13.3 Å². The second-order valence-electron chi connectivity index (χ2n) is 5.67. The van der Waals surface area contributed by atoms with Crippen LogP contribution in [0.4, 0.5) is 0 Å². The average Bonchev–Trinajstić information content (AvgIpc) is 2.35. The van der Waals surface area contributed by atoms with Gasteiger partial charge in [-0.3, -0.25) is 4.90 Å². The molecule has 2 saturated heterocycles. The van der Waals surface area contributed by atoms with Crippen LogP contribution in [0.15, 0.2) is 0 Å². The fourth-order valence-corrected chi connectivity index (χ4v) is 4.25. The highest BCUT2D eigenvalue weighted by molar-refractivity contribution is 7.91. The van der Waals surface area contributed by atoms with E-state index in [4.69, 9.17) is 0 Å². The molecule has 2 bridgehead atoms. The van der Waals surface area contributed by atoms with Gasteiger partial charge in [0.1, 0.15) is 0 Å². The van der Waals surface area contributed by atoms with Crippen molar-refractivity contribution in [1.29, 1.82) is 0 Å². The molecule has 0 saturated carbocycles. The highest BCUT2D eigenvalue weighted by Crippen LogP contribution is 2.33. The molecule has 4 nitrogen and oxygen atoms in total. The van der Waals surface area contributed by atoms with E-state index in [0.717, 1.165) is 6.54 Å². The van der Waals surface area contributed by atoms with E-state index in [9.17, 15) is 8.42 Å². The lowest BCUT2D eigenvalue weighted by Gasteiger charge is -2.49. The minimum atomic E-state index is -2.83. The zero-order valence-electron chi connectivity index (χ0n) is 11.6. The Bertz CT molecular complexity index is 355. The summed E-state index contributed by atoms with van der Waals surface area (Å²) in [6.07, 6.45) is 6.14. The van der Waals surface area contributed by atoms with Crippen LogP contribution < -0.4 is 5.32 Å². The Balaban J connectivity index is 1.96. The van der Waals surface area contributed by atoms with Crippen molar-refractivity contribution >= 4 is 9.84 Å². The summed E-state index contributed by atoms with van der Waals surface area (Å²) in [5, 5.41) is 3.39. The average molecular weight is 274 g/mol. The fourth-order valence-electron chi connectivity index (χ4n) is 3.47. The molecule has 2 aliphatic heterocycles. The Morgan fingerprint density at radius 1 is 1.22 bits per heavy atom. The van der Waals surface area contributed by atoms with Gasteiger partial charge in [0.05, 0.1) is 5.75 Å². The molecule has 0 spiro atoms. The molecule has 2 rings (SSSR count). The molecule has 0 amide bonds. The maximum absolute atomic E-state index is 11.6. The van der Waals surface area contributed by atoms with E-state index in [1.807, 2.05) is 7.05 Å². The molecule has 106 valence electrons. The van der Waals surface area contributed by atoms with Crippen LogP contribution in [0.5, 0.6) is 0 Å². The zero-order valence-corrected chi connectivity index (χ0v) is 12.4. The van der Waals surface area contributed by atoms with Gasteiger partial charge in [-0.2, -0.15) is 0 Å². The number of hydrogen-bond donors (Lipinski definition) is 1. The standard InChI is InChI=1S/C13H26N2O2S/c1-3-18(16,17)8-7-15-12-5-4-6-13(15)10-11(9-12)14-2/h11-14H,3-10H2,1-2H3. The number of hydrogen-bond acceptors (Lipinski definition) is 4. The maximum Gasteiger partial charge on any atom is 0.151 e. The van der Waals surface area contributed by atoms with E-state index in [-0.39, 0.29) is 5.75 Å². The summed E-state index contributed by atoms with van der Waals surface area (Å²) in [4.78, 5) is 2.48. The van der Waals surface area contributed by atoms with E-state index in [1.165, 1.54) is 32.1 Å². The monoisotopic (exact) mass is 274 g/mol. The Kier molecular flexibility index (Phi) is 4.67. The van der Waals surface area contributed by atoms with Crippen LogP contribution in [0.1, 0.15) is 39.0 Å². The normalized spacial score (nSPS) is 33.6.